The van der Waals surface area contributed by atoms with Gasteiger partial charge in [-0.15, -0.1) is 0 Å². The van der Waals surface area contributed by atoms with Crippen LogP contribution in [0.1, 0.15) is 357 Å². The highest BCUT2D eigenvalue weighted by Crippen LogP contribution is 2.45. The number of carbonyl (C=O) groups is 4. The van der Waals surface area contributed by atoms with Gasteiger partial charge in [-0.25, -0.2) is 9.13 Å². The van der Waals surface area contributed by atoms with Gasteiger partial charge in [0.15, 0.2) is 12.2 Å². The quantitative estimate of drug-likeness (QED) is 0.0222. The van der Waals surface area contributed by atoms with Gasteiger partial charge in [0.2, 0.25) is 0 Å². The van der Waals surface area contributed by atoms with E-state index in [4.69, 9.17) is 37.0 Å². The lowest BCUT2D eigenvalue weighted by Gasteiger charge is -2.21. The number of rotatable bonds is 69. The van der Waals surface area contributed by atoms with E-state index < -0.39 is 97.5 Å². The third-order valence-corrected chi connectivity index (χ3v) is 18.5. The van der Waals surface area contributed by atoms with Crippen molar-refractivity contribution in [2.45, 2.75) is 375 Å². The van der Waals surface area contributed by atoms with Crippen molar-refractivity contribution in [2.75, 3.05) is 39.6 Å². The molecule has 0 saturated heterocycles. The number of ether oxygens (including phenoxy) is 4. The Labute approximate surface area is 556 Å². The summed E-state index contributed by atoms with van der Waals surface area (Å²) in [7, 11) is -9.91. The molecule has 3 N–H and O–H groups in total. The Morgan fingerprint density at radius 1 is 0.275 bits per heavy atom. The van der Waals surface area contributed by atoms with Crippen molar-refractivity contribution in [2.24, 2.45) is 23.7 Å². The summed E-state index contributed by atoms with van der Waals surface area (Å²) < 4.78 is 68.4. The molecule has 540 valence electrons. The van der Waals surface area contributed by atoms with Gasteiger partial charge < -0.3 is 33.8 Å². The first-order valence-electron chi connectivity index (χ1n) is 37.2. The summed E-state index contributed by atoms with van der Waals surface area (Å²) in [6.45, 7) is 14.1. The molecule has 3 unspecified atom stereocenters. The van der Waals surface area contributed by atoms with Gasteiger partial charge in [0, 0.05) is 25.7 Å². The third-order valence-electron chi connectivity index (χ3n) is 16.6. The van der Waals surface area contributed by atoms with Gasteiger partial charge in [-0.3, -0.25) is 37.3 Å². The molecule has 0 spiro atoms. The predicted molar refractivity (Wildman–Crippen MR) is 367 cm³/mol. The number of aliphatic hydroxyl groups excluding tert-OH is 1. The second-order valence-electron chi connectivity index (χ2n) is 27.9. The summed E-state index contributed by atoms with van der Waals surface area (Å²) in [6.07, 6.45) is 44.5. The van der Waals surface area contributed by atoms with Gasteiger partial charge in [-0.05, 0) is 49.4 Å². The van der Waals surface area contributed by atoms with E-state index in [0.717, 1.165) is 114 Å². The molecular weight excluding hydrogens is 1200 g/mol. The maximum Gasteiger partial charge on any atom is 0.472 e. The van der Waals surface area contributed by atoms with E-state index in [9.17, 15) is 43.2 Å². The smallest absolute Gasteiger partial charge is 0.462 e. The number of phosphoric ester groups is 2. The zero-order valence-corrected chi connectivity index (χ0v) is 61.3. The first-order valence-corrected chi connectivity index (χ1v) is 40.2. The number of aliphatic hydroxyl groups is 1. The van der Waals surface area contributed by atoms with E-state index in [-0.39, 0.29) is 25.7 Å². The number of hydrogen-bond acceptors (Lipinski definition) is 15. The van der Waals surface area contributed by atoms with Crippen LogP contribution in [0.25, 0.3) is 0 Å². The molecular formula is C72H140O17P2. The molecule has 91 heavy (non-hydrogen) atoms. The molecule has 0 bridgehead atoms. The monoisotopic (exact) mass is 1340 g/mol. The maximum absolute atomic E-state index is 13.0. The van der Waals surface area contributed by atoms with Gasteiger partial charge >= 0.3 is 39.5 Å². The average molecular weight is 1340 g/mol. The zero-order valence-electron chi connectivity index (χ0n) is 59.5. The Balaban J connectivity index is 5.25. The zero-order chi connectivity index (χ0) is 67.5. The summed E-state index contributed by atoms with van der Waals surface area (Å²) in [5, 5.41) is 10.6. The van der Waals surface area contributed by atoms with E-state index in [2.05, 4.69) is 55.4 Å². The molecule has 0 rings (SSSR count). The largest absolute Gasteiger partial charge is 0.472 e. The van der Waals surface area contributed by atoms with Crippen LogP contribution >= 0.6 is 15.6 Å². The van der Waals surface area contributed by atoms with Gasteiger partial charge in [-0.2, -0.15) is 0 Å². The minimum absolute atomic E-state index is 0.104. The average Bonchev–Trinajstić information content (AvgIpc) is 3.71. The second kappa shape index (κ2) is 61.6. The molecule has 0 aliphatic carbocycles. The number of carbonyl (C=O) groups excluding carboxylic acids is 4. The van der Waals surface area contributed by atoms with E-state index in [1.54, 1.807) is 0 Å². The van der Waals surface area contributed by atoms with Gasteiger partial charge in [0.25, 0.3) is 0 Å². The van der Waals surface area contributed by atoms with Crippen LogP contribution in [-0.2, 0) is 65.4 Å². The van der Waals surface area contributed by atoms with Crippen molar-refractivity contribution < 1.29 is 80.2 Å². The molecule has 5 atom stereocenters. The molecule has 0 saturated carbocycles. The van der Waals surface area contributed by atoms with E-state index >= 15 is 0 Å². The fraction of sp³-hybridized carbons (Fsp3) is 0.944. The van der Waals surface area contributed by atoms with E-state index in [1.165, 1.54) is 154 Å². The lowest BCUT2D eigenvalue weighted by atomic mass is 10.0. The normalized spacial score (nSPS) is 14.2. The first kappa shape index (κ1) is 89.1. The molecule has 0 fully saturated rings. The summed E-state index contributed by atoms with van der Waals surface area (Å²) in [5.74, 6) is 0.857. The SMILES string of the molecule is CC(C)CCCCCCCCCCCCCCCC(=O)OC[C@H](COP(=O)(O)OCC(O)COP(=O)(O)OC[C@@H](COC(=O)CCCCCCCCCC(C)C)OC(=O)CCCCCCCCCCCC(C)C)OC(=O)CCCCCCCCCCCCC(C)C. The maximum atomic E-state index is 13.0. The van der Waals surface area contributed by atoms with E-state index in [0.29, 0.717) is 31.6 Å². The van der Waals surface area contributed by atoms with Crippen molar-refractivity contribution in [1.82, 2.24) is 0 Å². The fourth-order valence-electron chi connectivity index (χ4n) is 10.8. The van der Waals surface area contributed by atoms with Gasteiger partial charge in [0.1, 0.15) is 19.3 Å². The van der Waals surface area contributed by atoms with Crippen LogP contribution in [-0.4, -0.2) is 96.7 Å². The highest BCUT2D eigenvalue weighted by atomic mass is 31.2. The van der Waals surface area contributed by atoms with Crippen molar-refractivity contribution in [3.05, 3.63) is 0 Å². The van der Waals surface area contributed by atoms with Gasteiger partial charge in [-0.1, -0.05) is 306 Å². The summed E-state index contributed by atoms with van der Waals surface area (Å²) >= 11 is 0. The molecule has 19 heteroatoms. The summed E-state index contributed by atoms with van der Waals surface area (Å²) in [6, 6.07) is 0. The number of hydrogen-bond donors (Lipinski definition) is 3. The van der Waals surface area contributed by atoms with Crippen molar-refractivity contribution in [1.29, 1.82) is 0 Å². The first-order chi connectivity index (χ1) is 43.6. The topological polar surface area (TPSA) is 237 Å². The molecule has 0 aliphatic rings. The number of unbranched alkanes of at least 4 members (excludes halogenated alkanes) is 35. The molecule has 0 aromatic carbocycles. The Hall–Kier alpha value is -1.94. The third kappa shape index (κ3) is 66.5. The van der Waals surface area contributed by atoms with Crippen LogP contribution in [0.3, 0.4) is 0 Å². The standard InChI is InChI=1S/C72H140O17P2/c1-62(2)48-40-32-24-17-12-10-9-11-13-20-28-36-44-52-69(74)82-58-67(88-71(76)54-46-38-29-21-15-14-18-25-33-41-49-63(3)4)60-86-90(78,79)84-56-66(73)57-85-91(80,81)87-61-68(59-83-70(75)53-45-37-31-23-27-35-43-51-65(7)8)89-72(77)55-47-39-30-22-16-19-26-34-42-50-64(5)6/h62-68,73H,9-61H2,1-8H3,(H,78,79)(H,80,81)/t66?,67-,68-/m1/s1. The predicted octanol–water partition coefficient (Wildman–Crippen LogP) is 20.5. The molecule has 0 aromatic rings. The highest BCUT2D eigenvalue weighted by Gasteiger charge is 2.30. The van der Waals surface area contributed by atoms with Crippen LogP contribution in [0.5, 0.6) is 0 Å². The Bertz CT molecular complexity index is 1800. The van der Waals surface area contributed by atoms with Crippen LogP contribution < -0.4 is 0 Å². The summed E-state index contributed by atoms with van der Waals surface area (Å²) in [4.78, 5) is 72.6. The minimum atomic E-state index is -4.95. The lowest BCUT2D eigenvalue weighted by Crippen LogP contribution is -2.30. The lowest BCUT2D eigenvalue weighted by molar-refractivity contribution is -0.161. The van der Waals surface area contributed by atoms with Crippen LogP contribution in [0.2, 0.25) is 0 Å². The number of phosphoric acid groups is 2. The van der Waals surface area contributed by atoms with Crippen LogP contribution in [0, 0.1) is 23.7 Å². The van der Waals surface area contributed by atoms with Crippen molar-refractivity contribution in [3.8, 4) is 0 Å². The molecule has 0 aliphatic heterocycles. The molecule has 0 heterocycles. The van der Waals surface area contributed by atoms with E-state index in [1.807, 2.05) is 0 Å². The van der Waals surface area contributed by atoms with Crippen LogP contribution in [0.4, 0.5) is 0 Å². The van der Waals surface area contributed by atoms with Crippen LogP contribution in [0.15, 0.2) is 0 Å². The molecule has 0 radical (unpaired) electrons. The number of esters is 4. The Morgan fingerprint density at radius 2 is 0.462 bits per heavy atom. The Kier molecular flexibility index (Phi) is 60.3. The van der Waals surface area contributed by atoms with Crippen molar-refractivity contribution >= 4 is 39.5 Å². The molecule has 0 amide bonds. The second-order valence-corrected chi connectivity index (χ2v) is 30.8. The van der Waals surface area contributed by atoms with Crippen molar-refractivity contribution in [3.63, 3.8) is 0 Å². The Morgan fingerprint density at radius 3 is 0.681 bits per heavy atom. The summed E-state index contributed by atoms with van der Waals surface area (Å²) in [5.41, 5.74) is 0. The molecule has 0 aromatic heterocycles. The fourth-order valence-corrected chi connectivity index (χ4v) is 12.4. The van der Waals surface area contributed by atoms with Gasteiger partial charge in [0.05, 0.1) is 26.4 Å². The highest BCUT2D eigenvalue weighted by molar-refractivity contribution is 7.47. The molecule has 17 nitrogen and oxygen atoms in total. The minimum Gasteiger partial charge on any atom is -0.462 e.